The van der Waals surface area contributed by atoms with Gasteiger partial charge in [-0.05, 0) is 37.3 Å². The van der Waals surface area contributed by atoms with Crippen LogP contribution in [0, 0.1) is 10.1 Å². The number of hydrogen-bond acceptors (Lipinski definition) is 6. The van der Waals surface area contributed by atoms with E-state index in [-0.39, 0.29) is 15.8 Å². The largest absolute Gasteiger partial charge is 0.355 e. The number of rotatable bonds is 4. The SMILES string of the molecule is CNC(=O)c1c(NC(=O)c2ccc([N+](=O)[O-])s2)sc2c1CCCCC2. The second kappa shape index (κ2) is 7.32. The molecule has 0 saturated heterocycles. The third-order valence-corrected chi connectivity index (χ3v) is 6.34. The van der Waals surface area contributed by atoms with Crippen LogP contribution in [0.1, 0.15) is 49.7 Å². The van der Waals surface area contributed by atoms with E-state index < -0.39 is 10.8 Å². The van der Waals surface area contributed by atoms with Crippen molar-refractivity contribution in [2.75, 3.05) is 12.4 Å². The minimum atomic E-state index is -0.523. The molecule has 25 heavy (non-hydrogen) atoms. The van der Waals surface area contributed by atoms with Crippen LogP contribution in [0.5, 0.6) is 0 Å². The molecule has 132 valence electrons. The van der Waals surface area contributed by atoms with E-state index in [1.807, 2.05) is 0 Å². The van der Waals surface area contributed by atoms with Gasteiger partial charge in [0, 0.05) is 18.0 Å². The van der Waals surface area contributed by atoms with E-state index in [1.165, 1.54) is 23.5 Å². The fraction of sp³-hybridized carbons (Fsp3) is 0.375. The zero-order valence-corrected chi connectivity index (χ0v) is 15.2. The highest BCUT2D eigenvalue weighted by Gasteiger charge is 2.26. The zero-order chi connectivity index (χ0) is 18.0. The number of anilines is 1. The molecule has 0 unspecified atom stereocenters. The van der Waals surface area contributed by atoms with Gasteiger partial charge in [-0.3, -0.25) is 19.7 Å². The lowest BCUT2D eigenvalue weighted by molar-refractivity contribution is -0.380. The topological polar surface area (TPSA) is 101 Å². The van der Waals surface area contributed by atoms with E-state index in [2.05, 4.69) is 10.6 Å². The van der Waals surface area contributed by atoms with Crippen LogP contribution in [0.4, 0.5) is 10.0 Å². The van der Waals surface area contributed by atoms with Crippen LogP contribution in [-0.2, 0) is 12.8 Å². The van der Waals surface area contributed by atoms with E-state index in [9.17, 15) is 19.7 Å². The Morgan fingerprint density at radius 1 is 1.12 bits per heavy atom. The Hall–Kier alpha value is -2.26. The maximum absolute atomic E-state index is 12.4. The molecule has 2 aromatic heterocycles. The number of hydrogen-bond donors (Lipinski definition) is 2. The molecule has 9 heteroatoms. The Morgan fingerprint density at radius 2 is 1.88 bits per heavy atom. The molecular weight excluding hydrogens is 362 g/mol. The van der Waals surface area contributed by atoms with Crippen LogP contribution in [0.3, 0.4) is 0 Å². The molecule has 3 rings (SSSR count). The number of nitrogens with zero attached hydrogens (tertiary/aromatic N) is 1. The van der Waals surface area contributed by atoms with Crippen molar-refractivity contribution in [1.82, 2.24) is 5.32 Å². The fourth-order valence-corrected chi connectivity index (χ4v) is 4.91. The van der Waals surface area contributed by atoms with Gasteiger partial charge in [-0.1, -0.05) is 17.8 Å². The molecule has 0 saturated carbocycles. The summed E-state index contributed by atoms with van der Waals surface area (Å²) in [5, 5.41) is 16.6. The van der Waals surface area contributed by atoms with Crippen LogP contribution >= 0.6 is 22.7 Å². The van der Waals surface area contributed by atoms with Crippen molar-refractivity contribution in [3.05, 3.63) is 43.1 Å². The first-order valence-electron chi connectivity index (χ1n) is 7.93. The van der Waals surface area contributed by atoms with E-state index in [4.69, 9.17) is 0 Å². The predicted molar refractivity (Wildman–Crippen MR) is 97.9 cm³/mol. The summed E-state index contributed by atoms with van der Waals surface area (Å²) in [5.74, 6) is -0.647. The van der Waals surface area contributed by atoms with Crippen LogP contribution in [0.15, 0.2) is 12.1 Å². The van der Waals surface area contributed by atoms with Gasteiger partial charge in [-0.2, -0.15) is 0 Å². The Labute approximate surface area is 152 Å². The molecular formula is C16H17N3O4S2. The first-order valence-corrected chi connectivity index (χ1v) is 9.56. The standard InChI is InChI=1S/C16H17N3O4S2/c1-17-15(21)13-9-5-3-2-4-6-10(9)25-16(13)18-14(20)11-7-8-12(24-11)19(22)23/h7-8H,2-6H2,1H3,(H,17,21)(H,18,20). The Balaban J connectivity index is 1.92. The summed E-state index contributed by atoms with van der Waals surface area (Å²) in [6.07, 6.45) is 4.97. The maximum atomic E-state index is 12.4. The minimum absolute atomic E-state index is 0.0846. The number of carbonyl (C=O) groups is 2. The van der Waals surface area contributed by atoms with Gasteiger partial charge >= 0.3 is 5.00 Å². The first kappa shape index (κ1) is 17.6. The average molecular weight is 379 g/mol. The molecule has 7 nitrogen and oxygen atoms in total. The molecule has 1 aliphatic carbocycles. The molecule has 2 aromatic rings. The molecule has 2 amide bonds. The molecule has 0 bridgehead atoms. The highest BCUT2D eigenvalue weighted by atomic mass is 32.1. The summed E-state index contributed by atoms with van der Waals surface area (Å²) in [6.45, 7) is 0. The number of amides is 2. The number of aryl methyl sites for hydroxylation is 1. The highest BCUT2D eigenvalue weighted by molar-refractivity contribution is 7.18. The van der Waals surface area contributed by atoms with Gasteiger partial charge in [-0.25, -0.2) is 0 Å². The second-order valence-electron chi connectivity index (χ2n) is 5.70. The second-order valence-corrected chi connectivity index (χ2v) is 7.86. The van der Waals surface area contributed by atoms with E-state index in [0.29, 0.717) is 10.6 Å². The van der Waals surface area contributed by atoms with Crippen LogP contribution in [-0.4, -0.2) is 23.8 Å². The lowest BCUT2D eigenvalue weighted by atomic mass is 10.0. The number of carbonyl (C=O) groups excluding carboxylic acids is 2. The molecule has 0 aromatic carbocycles. The van der Waals surface area contributed by atoms with Crippen molar-refractivity contribution in [2.24, 2.45) is 0 Å². The molecule has 0 spiro atoms. The summed E-state index contributed by atoms with van der Waals surface area (Å²) in [4.78, 5) is 36.4. The van der Waals surface area contributed by atoms with Gasteiger partial charge in [-0.15, -0.1) is 11.3 Å². The summed E-state index contributed by atoms with van der Waals surface area (Å²) in [5.41, 5.74) is 1.55. The smallest absolute Gasteiger partial charge is 0.324 e. The molecule has 1 aliphatic rings. The van der Waals surface area contributed by atoms with Crippen LogP contribution in [0.25, 0.3) is 0 Å². The van der Waals surface area contributed by atoms with Gasteiger partial charge < -0.3 is 10.6 Å². The molecule has 0 radical (unpaired) electrons. The Kier molecular flexibility index (Phi) is 5.14. The number of nitro groups is 1. The summed E-state index contributed by atoms with van der Waals surface area (Å²) in [6, 6.07) is 2.74. The summed E-state index contributed by atoms with van der Waals surface area (Å²) in [7, 11) is 1.57. The van der Waals surface area contributed by atoms with Crippen molar-refractivity contribution in [2.45, 2.75) is 32.1 Å². The van der Waals surface area contributed by atoms with Crippen molar-refractivity contribution in [3.63, 3.8) is 0 Å². The predicted octanol–water partition coefficient (Wildman–Crippen LogP) is 3.60. The third-order valence-electron chi connectivity index (χ3n) is 4.10. The normalized spacial score (nSPS) is 13.6. The number of nitrogens with one attached hydrogen (secondary N) is 2. The highest BCUT2D eigenvalue weighted by Crippen LogP contribution is 2.38. The molecule has 0 atom stereocenters. The quantitative estimate of drug-likeness (QED) is 0.481. The van der Waals surface area contributed by atoms with Gasteiger partial charge in [0.05, 0.1) is 15.4 Å². The van der Waals surface area contributed by atoms with Gasteiger partial charge in [0.1, 0.15) is 5.00 Å². The van der Waals surface area contributed by atoms with Crippen LogP contribution in [0.2, 0.25) is 0 Å². The lowest BCUT2D eigenvalue weighted by Crippen LogP contribution is -2.21. The van der Waals surface area contributed by atoms with E-state index >= 15 is 0 Å². The lowest BCUT2D eigenvalue weighted by Gasteiger charge is -2.07. The zero-order valence-electron chi connectivity index (χ0n) is 13.6. The fourth-order valence-electron chi connectivity index (χ4n) is 2.91. The molecule has 2 N–H and O–H groups in total. The van der Waals surface area contributed by atoms with Crippen molar-refractivity contribution >= 4 is 44.5 Å². The monoisotopic (exact) mass is 379 g/mol. The molecule has 0 fully saturated rings. The van der Waals surface area contributed by atoms with Gasteiger partial charge in [0.15, 0.2) is 0 Å². The Bertz CT molecular complexity index is 841. The van der Waals surface area contributed by atoms with Crippen LogP contribution < -0.4 is 10.6 Å². The summed E-state index contributed by atoms with van der Waals surface area (Å²) < 4.78 is 0. The average Bonchev–Trinajstić information content (AvgIpc) is 3.14. The van der Waals surface area contributed by atoms with E-state index in [1.54, 1.807) is 7.05 Å². The minimum Gasteiger partial charge on any atom is -0.355 e. The van der Waals surface area contributed by atoms with E-state index in [0.717, 1.165) is 53.9 Å². The van der Waals surface area contributed by atoms with Gasteiger partial charge in [0.25, 0.3) is 11.8 Å². The number of thiophene rings is 2. The van der Waals surface area contributed by atoms with Crippen molar-refractivity contribution in [3.8, 4) is 0 Å². The van der Waals surface area contributed by atoms with Gasteiger partial charge in [0.2, 0.25) is 0 Å². The molecule has 0 aliphatic heterocycles. The summed E-state index contributed by atoms with van der Waals surface area (Å²) >= 11 is 2.25. The van der Waals surface area contributed by atoms with Crippen molar-refractivity contribution < 1.29 is 14.5 Å². The first-order chi connectivity index (χ1) is 12.0. The number of fused-ring (bicyclic) bond motifs is 1. The maximum Gasteiger partial charge on any atom is 0.324 e. The molecule has 2 heterocycles. The van der Waals surface area contributed by atoms with Crippen molar-refractivity contribution in [1.29, 1.82) is 0 Å². The Morgan fingerprint density at radius 3 is 2.56 bits per heavy atom. The third kappa shape index (κ3) is 3.57.